The Morgan fingerprint density at radius 3 is 2.57 bits per heavy atom. The third-order valence-electron chi connectivity index (χ3n) is 6.09. The number of allylic oxidation sites excluding steroid dienone is 4. The average Bonchev–Trinajstić information content (AvgIpc) is 2.93. The first kappa shape index (κ1) is 20.2. The van der Waals surface area contributed by atoms with Crippen LogP contribution in [0.5, 0.6) is 0 Å². The molecule has 0 saturated heterocycles. The van der Waals surface area contributed by atoms with Crippen LogP contribution in [-0.4, -0.2) is 4.57 Å². The van der Waals surface area contributed by atoms with Crippen LogP contribution in [-0.2, 0) is 13.0 Å². The fourth-order valence-electron chi connectivity index (χ4n) is 4.50. The zero-order valence-electron chi connectivity index (χ0n) is 18.2. The van der Waals surface area contributed by atoms with E-state index < -0.39 is 0 Å². The molecule has 1 aromatic heterocycles. The second kappa shape index (κ2) is 8.75. The number of rotatable bonds is 7. The summed E-state index contributed by atoms with van der Waals surface area (Å²) in [4.78, 5) is 0. The summed E-state index contributed by atoms with van der Waals surface area (Å²) >= 11 is 0. The van der Waals surface area contributed by atoms with Crippen LogP contribution >= 0.6 is 0 Å². The number of benzene rings is 2. The molecule has 0 bridgehead atoms. The molecule has 1 heterocycles. The summed E-state index contributed by atoms with van der Waals surface area (Å²) in [6, 6.07) is 13.2. The van der Waals surface area contributed by atoms with Crippen molar-refractivity contribution < 1.29 is 0 Å². The van der Waals surface area contributed by atoms with E-state index >= 15 is 0 Å². The van der Waals surface area contributed by atoms with Crippen molar-refractivity contribution in [1.29, 1.82) is 0 Å². The summed E-state index contributed by atoms with van der Waals surface area (Å²) in [5, 5.41) is 1.28. The summed E-state index contributed by atoms with van der Waals surface area (Å²) in [7, 11) is 0. The van der Waals surface area contributed by atoms with Gasteiger partial charge >= 0.3 is 0 Å². The van der Waals surface area contributed by atoms with Gasteiger partial charge in [0.1, 0.15) is 0 Å². The predicted octanol–water partition coefficient (Wildman–Crippen LogP) is 8.05. The van der Waals surface area contributed by atoms with E-state index in [2.05, 4.69) is 98.5 Å². The minimum atomic E-state index is 0.921. The van der Waals surface area contributed by atoms with Gasteiger partial charge in [-0.05, 0) is 53.7 Å². The number of nitrogens with zero attached hydrogens (tertiary/aromatic N) is 1. The number of fused-ring (bicyclic) bond motifs is 2. The van der Waals surface area contributed by atoms with Crippen molar-refractivity contribution in [3.63, 3.8) is 0 Å². The molecular formula is C29H31N. The lowest BCUT2D eigenvalue weighted by Crippen LogP contribution is -2.00. The summed E-state index contributed by atoms with van der Waals surface area (Å²) in [5.74, 6) is 0. The second-order valence-corrected chi connectivity index (χ2v) is 8.26. The number of unbranched alkanes of at least 4 members (excludes halogenated alkanes) is 2. The molecular weight excluding hydrogens is 362 g/mol. The Morgan fingerprint density at radius 2 is 1.77 bits per heavy atom. The number of para-hydroxylation sites is 1. The predicted molar refractivity (Wildman–Crippen MR) is 133 cm³/mol. The number of aromatic nitrogens is 1. The molecule has 1 aliphatic carbocycles. The quantitative estimate of drug-likeness (QED) is 0.358. The molecule has 2 aromatic carbocycles. The van der Waals surface area contributed by atoms with Crippen molar-refractivity contribution in [3.05, 3.63) is 102 Å². The van der Waals surface area contributed by atoms with Gasteiger partial charge in [-0.3, -0.25) is 0 Å². The van der Waals surface area contributed by atoms with Gasteiger partial charge in [0, 0.05) is 29.2 Å². The van der Waals surface area contributed by atoms with Crippen molar-refractivity contribution >= 4 is 28.1 Å². The topological polar surface area (TPSA) is 4.93 Å². The first-order valence-electron chi connectivity index (χ1n) is 11.0. The number of hydrogen-bond donors (Lipinski definition) is 0. The van der Waals surface area contributed by atoms with E-state index in [9.17, 15) is 0 Å². The molecule has 0 spiro atoms. The Balaban J connectivity index is 1.83. The highest BCUT2D eigenvalue weighted by Crippen LogP contribution is 2.36. The zero-order valence-corrected chi connectivity index (χ0v) is 18.2. The molecule has 3 aromatic rings. The van der Waals surface area contributed by atoms with Crippen molar-refractivity contribution in [2.24, 2.45) is 0 Å². The van der Waals surface area contributed by atoms with E-state index in [1.165, 1.54) is 58.0 Å². The summed E-state index contributed by atoms with van der Waals surface area (Å²) in [5.41, 5.74) is 9.82. The Bertz CT molecular complexity index is 1170. The molecule has 152 valence electrons. The Kier molecular flexibility index (Phi) is 5.90. The Labute approximate surface area is 180 Å². The van der Waals surface area contributed by atoms with Crippen LogP contribution in [0.15, 0.2) is 74.0 Å². The van der Waals surface area contributed by atoms with Crippen molar-refractivity contribution in [1.82, 2.24) is 4.57 Å². The molecule has 0 atom stereocenters. The van der Waals surface area contributed by atoms with E-state index in [1.54, 1.807) is 0 Å². The van der Waals surface area contributed by atoms with Gasteiger partial charge in [-0.1, -0.05) is 93.1 Å². The lowest BCUT2D eigenvalue weighted by molar-refractivity contribution is 0.616. The molecule has 1 nitrogen and oxygen atoms in total. The molecule has 0 fully saturated rings. The average molecular weight is 394 g/mol. The highest BCUT2D eigenvalue weighted by atomic mass is 15.0. The molecule has 4 rings (SSSR count). The van der Waals surface area contributed by atoms with Gasteiger partial charge in [-0.15, -0.1) is 0 Å². The highest BCUT2D eigenvalue weighted by molar-refractivity contribution is 5.98. The van der Waals surface area contributed by atoms with E-state index in [4.69, 9.17) is 0 Å². The first-order chi connectivity index (χ1) is 14.6. The summed E-state index contributed by atoms with van der Waals surface area (Å²) in [6.45, 7) is 14.2. The molecule has 1 aliphatic rings. The molecule has 0 aliphatic heterocycles. The van der Waals surface area contributed by atoms with Gasteiger partial charge in [-0.2, -0.15) is 0 Å². The van der Waals surface area contributed by atoms with E-state index in [1.807, 2.05) is 0 Å². The summed E-state index contributed by atoms with van der Waals surface area (Å²) in [6.07, 6.45) is 15.7. The lowest BCUT2D eigenvalue weighted by Gasteiger charge is -2.17. The van der Waals surface area contributed by atoms with E-state index in [-0.39, 0.29) is 0 Å². The maximum absolute atomic E-state index is 4.58. The van der Waals surface area contributed by atoms with Gasteiger partial charge in [0.2, 0.25) is 0 Å². The molecule has 0 amide bonds. The van der Waals surface area contributed by atoms with Crippen molar-refractivity contribution in [2.45, 2.75) is 46.1 Å². The maximum atomic E-state index is 4.58. The third kappa shape index (κ3) is 3.73. The first-order valence-corrected chi connectivity index (χ1v) is 11.0. The van der Waals surface area contributed by atoms with Crippen LogP contribution in [0.1, 0.15) is 60.9 Å². The maximum Gasteiger partial charge on any atom is 0.0486 e. The van der Waals surface area contributed by atoms with Crippen LogP contribution in [0.25, 0.3) is 28.1 Å². The smallest absolute Gasteiger partial charge is 0.0486 e. The van der Waals surface area contributed by atoms with Gasteiger partial charge in [0.15, 0.2) is 0 Å². The minimum absolute atomic E-state index is 0.921. The Hall–Kier alpha value is -3.06. The fourth-order valence-corrected chi connectivity index (χ4v) is 4.50. The molecule has 30 heavy (non-hydrogen) atoms. The van der Waals surface area contributed by atoms with E-state index in [0.29, 0.717) is 0 Å². The van der Waals surface area contributed by atoms with Gasteiger partial charge in [-0.25, -0.2) is 0 Å². The van der Waals surface area contributed by atoms with Crippen molar-refractivity contribution in [2.75, 3.05) is 0 Å². The Morgan fingerprint density at radius 1 is 0.967 bits per heavy atom. The zero-order chi connectivity index (χ0) is 21.1. The van der Waals surface area contributed by atoms with Gasteiger partial charge in [0.05, 0.1) is 0 Å². The molecule has 0 radical (unpaired) electrons. The monoisotopic (exact) mass is 393 g/mol. The largest absolute Gasteiger partial charge is 0.347 e. The van der Waals surface area contributed by atoms with Gasteiger partial charge < -0.3 is 4.57 Å². The van der Waals surface area contributed by atoms with E-state index in [0.717, 1.165) is 24.1 Å². The standard InChI is InChI=1S/C29H31N/c1-5-6-12-19-30-20-28(27-15-10-11-16-29(27)30)22(4)24-18-17-23(21(2)3)25-13-8-7-9-14-26(24)25/h7-11,14-18,20H,2,4-6,12-13,19H2,1,3H3. The molecule has 0 saturated carbocycles. The van der Waals surface area contributed by atoms with Crippen LogP contribution in [0.4, 0.5) is 0 Å². The molecule has 0 unspecified atom stereocenters. The fraction of sp³-hybridized carbons (Fsp3) is 0.241. The minimum Gasteiger partial charge on any atom is -0.347 e. The highest BCUT2D eigenvalue weighted by Gasteiger charge is 2.18. The van der Waals surface area contributed by atoms with Gasteiger partial charge in [0.25, 0.3) is 0 Å². The molecule has 0 N–H and O–H groups in total. The number of aryl methyl sites for hydroxylation is 1. The number of hydrogen-bond acceptors (Lipinski definition) is 0. The second-order valence-electron chi connectivity index (χ2n) is 8.26. The van der Waals surface area contributed by atoms with Crippen LogP contribution in [0.2, 0.25) is 0 Å². The normalized spacial score (nSPS) is 12.7. The van der Waals surface area contributed by atoms with Crippen LogP contribution in [0.3, 0.4) is 0 Å². The van der Waals surface area contributed by atoms with Crippen LogP contribution < -0.4 is 0 Å². The van der Waals surface area contributed by atoms with Crippen LogP contribution in [0, 0.1) is 0 Å². The molecule has 1 heteroatoms. The third-order valence-corrected chi connectivity index (χ3v) is 6.09. The van der Waals surface area contributed by atoms with Crippen molar-refractivity contribution in [3.8, 4) is 0 Å². The summed E-state index contributed by atoms with van der Waals surface area (Å²) < 4.78 is 2.41. The SMILES string of the molecule is C=C(C)c1ccc(C(=C)c2cn(CCCCC)c3ccccc23)c2c1CC=CC=C2. The lowest BCUT2D eigenvalue weighted by atomic mass is 9.87.